The Kier molecular flexibility index (Phi) is 6.08. The molecule has 0 aliphatic heterocycles. The van der Waals surface area contributed by atoms with E-state index in [9.17, 15) is 4.79 Å². The molecular weight excluding hydrogens is 420 g/mol. The van der Waals surface area contributed by atoms with Crippen LogP contribution in [0.4, 0.5) is 0 Å². The van der Waals surface area contributed by atoms with Crippen LogP contribution in [0.15, 0.2) is 127 Å². The third kappa shape index (κ3) is 4.69. The fourth-order valence-electron chi connectivity index (χ4n) is 3.68. The first-order valence-corrected chi connectivity index (χ1v) is 11.0. The Balaban J connectivity index is 1.46. The Bertz CT molecular complexity index is 1410. The molecule has 0 aliphatic rings. The number of carbonyl (C=O) groups excluding carboxylic acids is 1. The van der Waals surface area contributed by atoms with Gasteiger partial charge < -0.3 is 0 Å². The fraction of sp³-hybridized carbons (Fsp3) is 0. The maximum atomic E-state index is 12.3. The summed E-state index contributed by atoms with van der Waals surface area (Å²) in [5, 5.41) is 9.02. The molecule has 1 N–H and O–H groups in total. The van der Waals surface area contributed by atoms with Crippen molar-refractivity contribution in [3.63, 3.8) is 0 Å². The van der Waals surface area contributed by atoms with Gasteiger partial charge in [-0.15, -0.1) is 0 Å². The summed E-state index contributed by atoms with van der Waals surface area (Å²) in [6.07, 6.45) is 3.54. The second-order valence-corrected chi connectivity index (χ2v) is 7.72. The first-order chi connectivity index (χ1) is 16.8. The molecule has 0 fully saturated rings. The van der Waals surface area contributed by atoms with Crippen molar-refractivity contribution < 1.29 is 4.79 Å². The van der Waals surface area contributed by atoms with Crippen LogP contribution in [-0.2, 0) is 0 Å². The van der Waals surface area contributed by atoms with E-state index in [1.807, 2.05) is 77.6 Å². The number of hydrogen-bond acceptors (Lipinski definition) is 3. The van der Waals surface area contributed by atoms with E-state index in [0.29, 0.717) is 5.56 Å². The quantitative estimate of drug-likeness (QED) is 0.260. The van der Waals surface area contributed by atoms with Gasteiger partial charge in [0.1, 0.15) is 5.69 Å². The van der Waals surface area contributed by atoms with Crippen molar-refractivity contribution in [3.8, 4) is 28.1 Å². The molecule has 1 aromatic heterocycles. The minimum atomic E-state index is -0.263. The predicted octanol–water partition coefficient (Wildman–Crippen LogP) is 5.97. The van der Waals surface area contributed by atoms with Gasteiger partial charge in [0.25, 0.3) is 5.91 Å². The largest absolute Gasteiger partial charge is 0.271 e. The topological polar surface area (TPSA) is 59.3 Å². The van der Waals surface area contributed by atoms with Gasteiger partial charge in [0.05, 0.1) is 11.9 Å². The highest BCUT2D eigenvalue weighted by Crippen LogP contribution is 2.26. The molecule has 0 aliphatic carbocycles. The van der Waals surface area contributed by atoms with E-state index in [4.69, 9.17) is 5.10 Å². The van der Waals surface area contributed by atoms with Crippen molar-refractivity contribution in [3.05, 3.63) is 133 Å². The van der Waals surface area contributed by atoms with Crippen LogP contribution in [0.25, 0.3) is 28.1 Å². The van der Waals surface area contributed by atoms with Crippen molar-refractivity contribution in [1.82, 2.24) is 15.2 Å². The highest BCUT2D eigenvalue weighted by molar-refractivity contribution is 5.95. The number of aromatic nitrogens is 2. The minimum absolute atomic E-state index is 0.263. The Morgan fingerprint density at radius 3 is 1.94 bits per heavy atom. The number of para-hydroxylation sites is 1. The summed E-state index contributed by atoms with van der Waals surface area (Å²) in [6, 6.07) is 37.4. The number of amides is 1. The molecule has 4 aromatic carbocycles. The smallest absolute Gasteiger partial charge is 0.267 e. The summed E-state index contributed by atoms with van der Waals surface area (Å²) < 4.78 is 1.82. The fourth-order valence-corrected chi connectivity index (χ4v) is 3.68. The van der Waals surface area contributed by atoms with E-state index >= 15 is 0 Å². The summed E-state index contributed by atoms with van der Waals surface area (Å²) in [7, 11) is 0. The lowest BCUT2D eigenvalue weighted by Gasteiger charge is -2.04. The van der Waals surface area contributed by atoms with Gasteiger partial charge in [-0.05, 0) is 35.4 Å². The normalized spacial score (nSPS) is 10.9. The van der Waals surface area contributed by atoms with E-state index in [2.05, 4.69) is 46.9 Å². The van der Waals surface area contributed by atoms with Crippen molar-refractivity contribution in [2.45, 2.75) is 0 Å². The van der Waals surface area contributed by atoms with Gasteiger partial charge in [-0.3, -0.25) is 4.79 Å². The molecule has 164 valence electrons. The molecule has 5 aromatic rings. The first-order valence-electron chi connectivity index (χ1n) is 11.0. The number of hydrogen-bond donors (Lipinski definition) is 1. The molecule has 0 saturated heterocycles. The van der Waals surface area contributed by atoms with Crippen LogP contribution < -0.4 is 5.43 Å². The molecular formula is C29H22N4O. The molecule has 1 amide bonds. The van der Waals surface area contributed by atoms with Crippen LogP contribution in [0, 0.1) is 0 Å². The van der Waals surface area contributed by atoms with E-state index in [1.165, 1.54) is 0 Å². The van der Waals surface area contributed by atoms with Gasteiger partial charge in [0, 0.05) is 22.9 Å². The summed E-state index contributed by atoms with van der Waals surface area (Å²) >= 11 is 0. The van der Waals surface area contributed by atoms with Gasteiger partial charge in [-0.2, -0.15) is 10.2 Å². The van der Waals surface area contributed by atoms with E-state index in [1.54, 1.807) is 18.3 Å². The highest BCUT2D eigenvalue weighted by Gasteiger charge is 2.12. The maximum absolute atomic E-state index is 12.3. The third-order valence-electron chi connectivity index (χ3n) is 5.43. The Labute approximate surface area is 198 Å². The van der Waals surface area contributed by atoms with Crippen LogP contribution >= 0.6 is 0 Å². The van der Waals surface area contributed by atoms with Gasteiger partial charge in [0.15, 0.2) is 0 Å². The Morgan fingerprint density at radius 2 is 1.26 bits per heavy atom. The zero-order chi connectivity index (χ0) is 23.2. The molecule has 0 bridgehead atoms. The summed E-state index contributed by atoms with van der Waals surface area (Å²) in [4.78, 5) is 12.3. The molecule has 0 radical (unpaired) electrons. The monoisotopic (exact) mass is 442 g/mol. The SMILES string of the molecule is O=C(N/N=C/c1cn(-c2ccccc2)nc1-c1ccc(-c2ccccc2)cc1)c1ccccc1. The lowest BCUT2D eigenvalue weighted by atomic mass is 10.0. The number of nitrogens with one attached hydrogen (secondary N) is 1. The first kappa shape index (κ1) is 21.1. The Morgan fingerprint density at radius 1 is 0.706 bits per heavy atom. The summed E-state index contributed by atoms with van der Waals surface area (Å²) in [5.74, 6) is -0.263. The molecule has 5 rings (SSSR count). The van der Waals surface area contributed by atoms with E-state index in [0.717, 1.165) is 33.6 Å². The van der Waals surface area contributed by atoms with Gasteiger partial charge in [-0.25, -0.2) is 10.1 Å². The van der Waals surface area contributed by atoms with Gasteiger partial charge in [-0.1, -0.05) is 91.0 Å². The second kappa shape index (κ2) is 9.79. The van der Waals surface area contributed by atoms with Crippen LogP contribution in [0.1, 0.15) is 15.9 Å². The van der Waals surface area contributed by atoms with Crippen LogP contribution in [0.5, 0.6) is 0 Å². The minimum Gasteiger partial charge on any atom is -0.267 e. The number of carbonyl (C=O) groups is 1. The van der Waals surface area contributed by atoms with Crippen molar-refractivity contribution in [2.24, 2.45) is 5.10 Å². The van der Waals surface area contributed by atoms with E-state index < -0.39 is 0 Å². The third-order valence-corrected chi connectivity index (χ3v) is 5.43. The Hall–Kier alpha value is -4.77. The standard InChI is InChI=1S/C29H22N4O/c34-29(25-12-6-2-7-13-25)31-30-20-26-21-33(27-14-8-3-9-15-27)32-28(26)24-18-16-23(17-19-24)22-10-4-1-5-11-22/h1-21H,(H,31,34)/b30-20+. The number of hydrazone groups is 1. The van der Waals surface area contributed by atoms with Crippen molar-refractivity contribution >= 4 is 12.1 Å². The van der Waals surface area contributed by atoms with Gasteiger partial charge in [0.2, 0.25) is 0 Å². The molecule has 0 unspecified atom stereocenters. The van der Waals surface area contributed by atoms with Crippen LogP contribution in [0.3, 0.4) is 0 Å². The molecule has 5 nitrogen and oxygen atoms in total. The summed E-state index contributed by atoms with van der Waals surface area (Å²) in [6.45, 7) is 0. The maximum Gasteiger partial charge on any atom is 0.271 e. The number of nitrogens with zero attached hydrogens (tertiary/aromatic N) is 3. The van der Waals surface area contributed by atoms with Crippen LogP contribution in [0.2, 0.25) is 0 Å². The highest BCUT2D eigenvalue weighted by atomic mass is 16.2. The second-order valence-electron chi connectivity index (χ2n) is 7.72. The number of rotatable bonds is 6. The molecule has 0 saturated carbocycles. The molecule has 5 heteroatoms. The molecule has 0 spiro atoms. The summed E-state index contributed by atoms with van der Waals surface area (Å²) in [5.41, 5.74) is 8.93. The zero-order valence-electron chi connectivity index (χ0n) is 18.4. The average Bonchev–Trinajstić information content (AvgIpc) is 3.34. The lowest BCUT2D eigenvalue weighted by molar-refractivity contribution is 0.0955. The van der Waals surface area contributed by atoms with Gasteiger partial charge >= 0.3 is 0 Å². The zero-order valence-corrected chi connectivity index (χ0v) is 18.4. The average molecular weight is 443 g/mol. The van der Waals surface area contributed by atoms with Crippen molar-refractivity contribution in [2.75, 3.05) is 0 Å². The molecule has 0 atom stereocenters. The predicted molar refractivity (Wildman–Crippen MR) is 136 cm³/mol. The molecule has 34 heavy (non-hydrogen) atoms. The van der Waals surface area contributed by atoms with Crippen LogP contribution in [-0.4, -0.2) is 21.9 Å². The van der Waals surface area contributed by atoms with Crippen molar-refractivity contribution in [1.29, 1.82) is 0 Å². The van der Waals surface area contributed by atoms with E-state index in [-0.39, 0.29) is 5.91 Å². The lowest BCUT2D eigenvalue weighted by Crippen LogP contribution is -2.17. The number of benzene rings is 4. The molecule has 1 heterocycles.